The summed E-state index contributed by atoms with van der Waals surface area (Å²) in [6, 6.07) is 6.87. The molecule has 0 bridgehead atoms. The fourth-order valence-electron chi connectivity index (χ4n) is 2.22. The number of esters is 1. The molecule has 0 radical (unpaired) electrons. The molecule has 3 rings (SSSR count). The molecular formula is C18H18N4O3S. The van der Waals surface area contributed by atoms with E-state index >= 15 is 0 Å². The number of aromatic amines is 1. The number of carbonyl (C=O) groups excluding carboxylic acids is 2. The summed E-state index contributed by atoms with van der Waals surface area (Å²) in [4.78, 5) is 35.8. The summed E-state index contributed by atoms with van der Waals surface area (Å²) in [6.07, 6.45) is 0.655. The molecule has 2 heterocycles. The molecule has 0 aliphatic carbocycles. The van der Waals surface area contributed by atoms with E-state index in [0.717, 1.165) is 22.8 Å². The molecule has 2 aromatic heterocycles. The van der Waals surface area contributed by atoms with Gasteiger partial charge in [0.15, 0.2) is 11.2 Å². The number of hydrogen-bond donors (Lipinski definition) is 2. The largest absolute Gasteiger partial charge is 0.449 e. The summed E-state index contributed by atoms with van der Waals surface area (Å²) in [5.41, 5.74) is 3.17. The van der Waals surface area contributed by atoms with Gasteiger partial charge >= 0.3 is 5.97 Å². The van der Waals surface area contributed by atoms with E-state index in [1.807, 2.05) is 13.8 Å². The highest BCUT2D eigenvalue weighted by molar-refractivity contribution is 7.13. The first-order chi connectivity index (χ1) is 12.4. The lowest BCUT2D eigenvalue weighted by atomic mass is 10.1. The zero-order valence-electron chi connectivity index (χ0n) is 14.6. The molecule has 134 valence electrons. The molecule has 8 heteroatoms. The maximum atomic E-state index is 12.2. The van der Waals surface area contributed by atoms with Crippen LogP contribution in [0.25, 0.3) is 11.4 Å². The molecule has 1 unspecified atom stereocenters. The van der Waals surface area contributed by atoms with Crippen LogP contribution in [0.3, 0.4) is 0 Å². The van der Waals surface area contributed by atoms with E-state index in [4.69, 9.17) is 4.74 Å². The standard InChI is InChI=1S/C18H18N4O3S/c1-10-11(2)21-15(20-10)13-4-6-14(7-5-13)17(24)25-12(3)16(23)22-18-19-8-9-26-18/h4-9,12H,1-3H3,(H,20,21)(H,19,22,23). The monoisotopic (exact) mass is 370 g/mol. The van der Waals surface area contributed by atoms with Gasteiger partial charge in [-0.1, -0.05) is 12.1 Å². The Labute approximate surface area is 154 Å². The molecule has 7 nitrogen and oxygen atoms in total. The van der Waals surface area contributed by atoms with Crippen LogP contribution in [0.15, 0.2) is 35.8 Å². The minimum absolute atomic E-state index is 0.364. The van der Waals surface area contributed by atoms with Crippen molar-refractivity contribution in [1.29, 1.82) is 0 Å². The van der Waals surface area contributed by atoms with Crippen LogP contribution >= 0.6 is 11.3 Å². The number of nitrogens with zero attached hydrogens (tertiary/aromatic N) is 2. The fourth-order valence-corrected chi connectivity index (χ4v) is 2.75. The average molecular weight is 370 g/mol. The van der Waals surface area contributed by atoms with E-state index in [1.54, 1.807) is 35.8 Å². The zero-order chi connectivity index (χ0) is 18.7. The average Bonchev–Trinajstić information content (AvgIpc) is 3.25. The number of ether oxygens (including phenoxy) is 1. The summed E-state index contributed by atoms with van der Waals surface area (Å²) in [7, 11) is 0. The molecule has 0 fully saturated rings. The van der Waals surface area contributed by atoms with Crippen LogP contribution in [0.1, 0.15) is 28.7 Å². The van der Waals surface area contributed by atoms with Crippen molar-refractivity contribution in [2.24, 2.45) is 0 Å². The maximum Gasteiger partial charge on any atom is 0.338 e. The first kappa shape index (κ1) is 17.8. The summed E-state index contributed by atoms with van der Waals surface area (Å²) in [6.45, 7) is 5.40. The van der Waals surface area contributed by atoms with Gasteiger partial charge in [-0.05, 0) is 32.9 Å². The number of H-pyrrole nitrogens is 1. The number of rotatable bonds is 5. The number of aromatic nitrogens is 3. The highest BCUT2D eigenvalue weighted by atomic mass is 32.1. The Morgan fingerprint density at radius 2 is 1.96 bits per heavy atom. The predicted octanol–water partition coefficient (Wildman–Crippen LogP) is 3.33. The van der Waals surface area contributed by atoms with Crippen LogP contribution in [-0.2, 0) is 9.53 Å². The Bertz CT molecular complexity index is 897. The number of nitrogens with one attached hydrogen (secondary N) is 2. The van der Waals surface area contributed by atoms with Crippen molar-refractivity contribution in [3.8, 4) is 11.4 Å². The Hall–Kier alpha value is -3.00. The van der Waals surface area contributed by atoms with Crippen molar-refractivity contribution in [2.75, 3.05) is 5.32 Å². The minimum atomic E-state index is -0.929. The summed E-state index contributed by atoms with van der Waals surface area (Å²) < 4.78 is 5.22. The highest BCUT2D eigenvalue weighted by Gasteiger charge is 2.20. The van der Waals surface area contributed by atoms with Crippen molar-refractivity contribution < 1.29 is 14.3 Å². The van der Waals surface area contributed by atoms with Crippen molar-refractivity contribution in [3.05, 3.63) is 52.8 Å². The smallest absolute Gasteiger partial charge is 0.338 e. The summed E-state index contributed by atoms with van der Waals surface area (Å²) >= 11 is 1.29. The molecule has 3 aromatic rings. The zero-order valence-corrected chi connectivity index (χ0v) is 15.4. The molecule has 0 aliphatic heterocycles. The van der Waals surface area contributed by atoms with Gasteiger partial charge < -0.3 is 9.72 Å². The van der Waals surface area contributed by atoms with Crippen molar-refractivity contribution in [2.45, 2.75) is 26.9 Å². The number of hydrogen-bond acceptors (Lipinski definition) is 6. The second-order valence-corrected chi connectivity index (χ2v) is 6.64. The van der Waals surface area contributed by atoms with Gasteiger partial charge in [-0.3, -0.25) is 10.1 Å². The maximum absolute atomic E-state index is 12.2. The van der Waals surface area contributed by atoms with Gasteiger partial charge in [-0.2, -0.15) is 0 Å². The Morgan fingerprint density at radius 3 is 2.54 bits per heavy atom. The van der Waals surface area contributed by atoms with E-state index in [-0.39, 0.29) is 0 Å². The quantitative estimate of drug-likeness (QED) is 0.672. The third-order valence-corrected chi connectivity index (χ3v) is 4.53. The van der Waals surface area contributed by atoms with Crippen molar-refractivity contribution in [1.82, 2.24) is 15.0 Å². The topological polar surface area (TPSA) is 97.0 Å². The molecule has 1 atom stereocenters. The molecule has 2 N–H and O–H groups in total. The Kier molecular flexibility index (Phi) is 5.13. The van der Waals surface area contributed by atoms with Gasteiger partial charge in [0, 0.05) is 22.8 Å². The van der Waals surface area contributed by atoms with Gasteiger partial charge in [-0.25, -0.2) is 14.8 Å². The molecule has 1 amide bonds. The van der Waals surface area contributed by atoms with Gasteiger partial charge in [-0.15, -0.1) is 11.3 Å². The predicted molar refractivity (Wildman–Crippen MR) is 99.1 cm³/mol. The normalized spacial score (nSPS) is 11.8. The number of benzene rings is 1. The van der Waals surface area contributed by atoms with E-state index in [2.05, 4.69) is 20.3 Å². The number of anilines is 1. The molecule has 0 saturated carbocycles. The van der Waals surface area contributed by atoms with Crippen molar-refractivity contribution in [3.63, 3.8) is 0 Å². The molecule has 0 saturated heterocycles. The minimum Gasteiger partial charge on any atom is -0.449 e. The molecular weight excluding hydrogens is 352 g/mol. The summed E-state index contributed by atoms with van der Waals surface area (Å²) in [5, 5.41) is 4.81. The van der Waals surface area contributed by atoms with E-state index < -0.39 is 18.0 Å². The highest BCUT2D eigenvalue weighted by Crippen LogP contribution is 2.19. The SMILES string of the molecule is Cc1nc(-c2ccc(C(=O)OC(C)C(=O)Nc3nccs3)cc2)[nH]c1C. The van der Waals surface area contributed by atoms with Gasteiger partial charge in [0.25, 0.3) is 5.91 Å². The third-order valence-electron chi connectivity index (χ3n) is 3.84. The van der Waals surface area contributed by atoms with Crippen LogP contribution in [0, 0.1) is 13.8 Å². The lowest BCUT2D eigenvalue weighted by Gasteiger charge is -2.12. The third kappa shape index (κ3) is 3.97. The van der Waals surface area contributed by atoms with Crippen LogP contribution in [0.2, 0.25) is 0 Å². The van der Waals surface area contributed by atoms with E-state index in [1.165, 1.54) is 18.3 Å². The second kappa shape index (κ2) is 7.49. The lowest BCUT2D eigenvalue weighted by Crippen LogP contribution is -2.29. The van der Waals surface area contributed by atoms with E-state index in [0.29, 0.717) is 10.7 Å². The van der Waals surface area contributed by atoms with Gasteiger partial charge in [0.2, 0.25) is 0 Å². The van der Waals surface area contributed by atoms with Crippen LogP contribution in [0.4, 0.5) is 5.13 Å². The number of aryl methyl sites for hydroxylation is 2. The summed E-state index contributed by atoms with van der Waals surface area (Å²) in [5.74, 6) is -0.243. The Balaban J connectivity index is 1.63. The Morgan fingerprint density at radius 1 is 1.23 bits per heavy atom. The van der Waals surface area contributed by atoms with Crippen LogP contribution in [-0.4, -0.2) is 32.9 Å². The number of imidazole rings is 1. The fraction of sp³-hybridized carbons (Fsp3) is 0.222. The van der Waals surface area contributed by atoms with Crippen molar-refractivity contribution >= 4 is 28.3 Å². The first-order valence-corrected chi connectivity index (χ1v) is 8.87. The van der Waals surface area contributed by atoms with Crippen LogP contribution < -0.4 is 5.32 Å². The molecule has 0 aliphatic rings. The molecule has 1 aromatic carbocycles. The first-order valence-electron chi connectivity index (χ1n) is 7.99. The van der Waals surface area contributed by atoms with Crippen LogP contribution in [0.5, 0.6) is 0 Å². The number of carbonyl (C=O) groups is 2. The number of thiazole rings is 1. The molecule has 26 heavy (non-hydrogen) atoms. The number of amides is 1. The molecule has 0 spiro atoms. The van der Waals surface area contributed by atoms with Gasteiger partial charge in [0.05, 0.1) is 11.3 Å². The van der Waals surface area contributed by atoms with E-state index in [9.17, 15) is 9.59 Å². The van der Waals surface area contributed by atoms with Gasteiger partial charge in [0.1, 0.15) is 5.82 Å². The lowest BCUT2D eigenvalue weighted by molar-refractivity contribution is -0.123. The second-order valence-electron chi connectivity index (χ2n) is 5.75.